The minimum Gasteiger partial charge on any atom is -0.395 e. The maximum Gasteiger partial charge on any atom is 0.0558 e. The Kier molecular flexibility index (Phi) is 7.77. The van der Waals surface area contributed by atoms with Crippen molar-refractivity contribution in [2.75, 3.05) is 59.0 Å². The standard InChI is InChI=1S/C11H23N3O.C2H6/c15-8-7-13-4-1-11(9-13)10-14-5-2-12-3-6-14;1-2/h11-12,15H,1-10H2;1-2H3/t11-;/m0./s1. The Morgan fingerprint density at radius 2 is 1.82 bits per heavy atom. The van der Waals surface area contributed by atoms with Gasteiger partial charge < -0.3 is 20.2 Å². The number of hydrogen-bond donors (Lipinski definition) is 2. The summed E-state index contributed by atoms with van der Waals surface area (Å²) in [5, 5.41) is 12.3. The summed E-state index contributed by atoms with van der Waals surface area (Å²) in [5.74, 6) is 0.828. The molecule has 2 rings (SSSR count). The second kappa shape index (κ2) is 8.86. The van der Waals surface area contributed by atoms with Crippen molar-refractivity contribution >= 4 is 0 Å². The van der Waals surface area contributed by atoms with Gasteiger partial charge in [-0.15, -0.1) is 0 Å². The molecule has 0 saturated carbocycles. The fraction of sp³-hybridized carbons (Fsp3) is 1.00. The third-order valence-corrected chi connectivity index (χ3v) is 3.51. The molecule has 17 heavy (non-hydrogen) atoms. The lowest BCUT2D eigenvalue weighted by Gasteiger charge is -2.29. The topological polar surface area (TPSA) is 38.7 Å². The molecule has 0 aromatic rings. The van der Waals surface area contributed by atoms with Crippen molar-refractivity contribution in [1.29, 1.82) is 0 Å². The molecule has 2 N–H and O–H groups in total. The van der Waals surface area contributed by atoms with Gasteiger partial charge >= 0.3 is 0 Å². The lowest BCUT2D eigenvalue weighted by molar-refractivity contribution is 0.191. The lowest BCUT2D eigenvalue weighted by Crippen LogP contribution is -2.45. The SMILES string of the molecule is CC.OCCN1CC[C@H](CN2CCNCC2)C1. The van der Waals surface area contributed by atoms with Crippen LogP contribution in [0.4, 0.5) is 0 Å². The molecule has 2 fully saturated rings. The largest absolute Gasteiger partial charge is 0.395 e. The Bertz CT molecular complexity index is 184. The summed E-state index contributed by atoms with van der Waals surface area (Å²) in [6, 6.07) is 0. The molecule has 0 aromatic carbocycles. The van der Waals surface area contributed by atoms with Gasteiger partial charge in [-0.3, -0.25) is 0 Å². The Balaban J connectivity index is 0.000000686. The van der Waals surface area contributed by atoms with Crippen LogP contribution < -0.4 is 5.32 Å². The normalized spacial score (nSPS) is 26.6. The zero-order chi connectivity index (χ0) is 12.5. The zero-order valence-corrected chi connectivity index (χ0v) is 11.5. The molecule has 4 nitrogen and oxygen atoms in total. The van der Waals surface area contributed by atoms with E-state index in [0.717, 1.165) is 25.6 Å². The van der Waals surface area contributed by atoms with Gasteiger partial charge in [0.05, 0.1) is 6.61 Å². The number of aliphatic hydroxyl groups excluding tert-OH is 1. The van der Waals surface area contributed by atoms with Gasteiger partial charge in [0.2, 0.25) is 0 Å². The highest BCUT2D eigenvalue weighted by atomic mass is 16.3. The molecule has 0 radical (unpaired) electrons. The summed E-state index contributed by atoms with van der Waals surface area (Å²) in [5.41, 5.74) is 0. The summed E-state index contributed by atoms with van der Waals surface area (Å²) in [6.45, 7) is 13.5. The fourth-order valence-corrected chi connectivity index (χ4v) is 2.67. The maximum absolute atomic E-state index is 8.87. The lowest BCUT2D eigenvalue weighted by atomic mass is 10.1. The number of aliphatic hydroxyl groups is 1. The monoisotopic (exact) mass is 243 g/mol. The van der Waals surface area contributed by atoms with E-state index in [1.807, 2.05) is 13.8 Å². The first-order valence-electron chi connectivity index (χ1n) is 7.15. The highest BCUT2D eigenvalue weighted by molar-refractivity contribution is 4.79. The van der Waals surface area contributed by atoms with Gasteiger partial charge in [-0.1, -0.05) is 13.8 Å². The molecule has 2 aliphatic heterocycles. The molecule has 0 unspecified atom stereocenters. The van der Waals surface area contributed by atoms with E-state index in [4.69, 9.17) is 5.11 Å². The van der Waals surface area contributed by atoms with Crippen LogP contribution >= 0.6 is 0 Å². The minimum atomic E-state index is 0.306. The number of likely N-dealkylation sites (tertiary alicyclic amines) is 1. The Morgan fingerprint density at radius 3 is 2.47 bits per heavy atom. The van der Waals surface area contributed by atoms with Gasteiger partial charge in [0, 0.05) is 45.8 Å². The molecule has 0 amide bonds. The summed E-state index contributed by atoms with van der Waals surface area (Å²) in [4.78, 5) is 4.95. The van der Waals surface area contributed by atoms with Gasteiger partial charge in [0.1, 0.15) is 0 Å². The van der Waals surface area contributed by atoms with Crippen molar-refractivity contribution in [2.45, 2.75) is 20.3 Å². The van der Waals surface area contributed by atoms with E-state index < -0.39 is 0 Å². The van der Waals surface area contributed by atoms with Crippen LogP contribution in [0, 0.1) is 5.92 Å². The number of nitrogens with one attached hydrogen (secondary N) is 1. The number of nitrogens with zero attached hydrogens (tertiary/aromatic N) is 2. The highest BCUT2D eigenvalue weighted by Crippen LogP contribution is 2.17. The number of rotatable bonds is 4. The minimum absolute atomic E-state index is 0.306. The second-order valence-corrected chi connectivity index (χ2v) is 4.73. The summed E-state index contributed by atoms with van der Waals surface area (Å²) in [6.07, 6.45) is 1.31. The van der Waals surface area contributed by atoms with Gasteiger partial charge in [0.25, 0.3) is 0 Å². The van der Waals surface area contributed by atoms with Crippen molar-refractivity contribution in [2.24, 2.45) is 5.92 Å². The second-order valence-electron chi connectivity index (χ2n) is 4.73. The quantitative estimate of drug-likeness (QED) is 0.741. The first-order chi connectivity index (χ1) is 8.38. The van der Waals surface area contributed by atoms with Crippen LogP contribution in [-0.2, 0) is 0 Å². The molecule has 2 aliphatic rings. The first kappa shape index (κ1) is 14.9. The van der Waals surface area contributed by atoms with Gasteiger partial charge in [0.15, 0.2) is 0 Å². The van der Waals surface area contributed by atoms with E-state index in [1.54, 1.807) is 0 Å². The number of β-amino-alcohol motifs (C(OH)–C–C–N with tert-alkyl or cyclic N) is 1. The molecule has 0 aromatic heterocycles. The van der Waals surface area contributed by atoms with Crippen molar-refractivity contribution in [1.82, 2.24) is 15.1 Å². The molecule has 102 valence electrons. The van der Waals surface area contributed by atoms with Gasteiger partial charge in [-0.2, -0.15) is 0 Å². The molecule has 2 heterocycles. The third-order valence-electron chi connectivity index (χ3n) is 3.51. The molecule has 2 saturated heterocycles. The number of piperazine rings is 1. The van der Waals surface area contributed by atoms with E-state index in [-0.39, 0.29) is 0 Å². The van der Waals surface area contributed by atoms with Crippen LogP contribution in [0.25, 0.3) is 0 Å². The van der Waals surface area contributed by atoms with E-state index in [2.05, 4.69) is 15.1 Å². The number of hydrogen-bond acceptors (Lipinski definition) is 4. The Labute approximate surface area is 106 Å². The molecule has 1 atom stereocenters. The van der Waals surface area contributed by atoms with Crippen LogP contribution in [0.2, 0.25) is 0 Å². The molecular weight excluding hydrogens is 214 g/mol. The molecule has 0 bridgehead atoms. The van der Waals surface area contributed by atoms with E-state index >= 15 is 0 Å². The maximum atomic E-state index is 8.87. The van der Waals surface area contributed by atoms with Crippen molar-refractivity contribution < 1.29 is 5.11 Å². The molecule has 0 spiro atoms. The first-order valence-corrected chi connectivity index (χ1v) is 7.15. The molecular formula is C13H29N3O. The third kappa shape index (κ3) is 5.34. The van der Waals surface area contributed by atoms with E-state index in [1.165, 1.54) is 39.1 Å². The van der Waals surface area contributed by atoms with E-state index in [0.29, 0.717) is 6.61 Å². The van der Waals surface area contributed by atoms with Crippen molar-refractivity contribution in [3.05, 3.63) is 0 Å². The van der Waals surface area contributed by atoms with Crippen LogP contribution in [0.15, 0.2) is 0 Å². The highest BCUT2D eigenvalue weighted by Gasteiger charge is 2.24. The van der Waals surface area contributed by atoms with Crippen molar-refractivity contribution in [3.63, 3.8) is 0 Å². The molecule has 4 heteroatoms. The van der Waals surface area contributed by atoms with Gasteiger partial charge in [-0.05, 0) is 18.9 Å². The van der Waals surface area contributed by atoms with E-state index in [9.17, 15) is 0 Å². The average molecular weight is 243 g/mol. The fourth-order valence-electron chi connectivity index (χ4n) is 2.67. The van der Waals surface area contributed by atoms with Crippen LogP contribution in [0.1, 0.15) is 20.3 Å². The van der Waals surface area contributed by atoms with Crippen LogP contribution in [-0.4, -0.2) is 73.9 Å². The zero-order valence-electron chi connectivity index (χ0n) is 11.5. The van der Waals surface area contributed by atoms with Crippen LogP contribution in [0.5, 0.6) is 0 Å². The average Bonchev–Trinajstić information content (AvgIpc) is 2.81. The Hall–Kier alpha value is -0.160. The summed E-state index contributed by atoms with van der Waals surface area (Å²) in [7, 11) is 0. The predicted octanol–water partition coefficient (Wildman–Crippen LogP) is 0.232. The molecule has 0 aliphatic carbocycles. The van der Waals surface area contributed by atoms with Crippen LogP contribution in [0.3, 0.4) is 0 Å². The van der Waals surface area contributed by atoms with Crippen molar-refractivity contribution in [3.8, 4) is 0 Å². The summed E-state index contributed by atoms with van der Waals surface area (Å²) >= 11 is 0. The predicted molar refractivity (Wildman–Crippen MR) is 72.3 cm³/mol. The van der Waals surface area contributed by atoms with Gasteiger partial charge in [-0.25, -0.2) is 0 Å². The summed E-state index contributed by atoms with van der Waals surface area (Å²) < 4.78 is 0. The smallest absolute Gasteiger partial charge is 0.0558 e. The Morgan fingerprint density at radius 1 is 1.12 bits per heavy atom.